The third-order valence-corrected chi connectivity index (χ3v) is 3.63. The molecule has 23 heavy (non-hydrogen) atoms. The highest BCUT2D eigenvalue weighted by Crippen LogP contribution is 2.17. The molecule has 0 aliphatic carbocycles. The largest absolute Gasteiger partial charge is 0.465 e. The van der Waals surface area contributed by atoms with Gasteiger partial charge in [-0.05, 0) is 18.6 Å². The van der Waals surface area contributed by atoms with Crippen LogP contribution in [-0.2, 0) is 4.74 Å². The molecule has 2 aromatic rings. The molecule has 1 aromatic carbocycles. The molecule has 0 radical (unpaired) electrons. The van der Waals surface area contributed by atoms with Crippen molar-refractivity contribution < 1.29 is 14.3 Å². The first-order chi connectivity index (χ1) is 11.0. The van der Waals surface area contributed by atoms with Crippen molar-refractivity contribution in [2.45, 2.75) is 13.0 Å². The van der Waals surface area contributed by atoms with Gasteiger partial charge in [0.2, 0.25) is 0 Å². The number of carbonyl (C=O) groups is 2. The summed E-state index contributed by atoms with van der Waals surface area (Å²) in [5, 5.41) is 2.41. The van der Waals surface area contributed by atoms with Crippen LogP contribution in [-0.4, -0.2) is 30.6 Å². The maximum Gasteiger partial charge on any atom is 0.339 e. The molecule has 0 saturated heterocycles. The zero-order valence-corrected chi connectivity index (χ0v) is 13.2. The van der Waals surface area contributed by atoms with Crippen LogP contribution in [0.5, 0.6) is 0 Å². The van der Waals surface area contributed by atoms with Crippen LogP contribution in [0.4, 0.5) is 0 Å². The number of nitrogens with one attached hydrogen (secondary N) is 1. The predicted molar refractivity (Wildman–Crippen MR) is 85.7 cm³/mol. The maximum atomic E-state index is 12.6. The number of rotatable bonds is 4. The van der Waals surface area contributed by atoms with Crippen molar-refractivity contribution in [3.05, 3.63) is 69.6 Å². The van der Waals surface area contributed by atoms with Crippen molar-refractivity contribution in [1.82, 2.24) is 9.88 Å². The molecule has 6 nitrogen and oxygen atoms in total. The number of hydrogen-bond acceptors (Lipinski definition) is 4. The second-order valence-corrected chi connectivity index (χ2v) is 5.01. The van der Waals surface area contributed by atoms with Crippen molar-refractivity contribution in [2.24, 2.45) is 0 Å². The van der Waals surface area contributed by atoms with Gasteiger partial charge in [-0.15, -0.1) is 0 Å². The number of hydrogen-bond donors (Lipinski definition) is 1. The molecule has 0 aliphatic rings. The smallest absolute Gasteiger partial charge is 0.339 e. The first-order valence-corrected chi connectivity index (χ1v) is 7.11. The Kier molecular flexibility index (Phi) is 4.95. The van der Waals surface area contributed by atoms with Crippen LogP contribution in [0.15, 0.2) is 47.4 Å². The number of nitrogens with zero attached hydrogens (tertiary/aromatic N) is 1. The number of pyridine rings is 1. The molecule has 0 aliphatic heterocycles. The van der Waals surface area contributed by atoms with Crippen LogP contribution in [0.3, 0.4) is 0 Å². The number of carbonyl (C=O) groups excluding carboxylic acids is 2. The first-order valence-electron chi connectivity index (χ1n) is 7.11. The van der Waals surface area contributed by atoms with Gasteiger partial charge in [0, 0.05) is 13.2 Å². The zero-order valence-electron chi connectivity index (χ0n) is 13.2. The van der Waals surface area contributed by atoms with E-state index in [2.05, 4.69) is 5.32 Å². The van der Waals surface area contributed by atoms with Crippen LogP contribution in [0, 0.1) is 0 Å². The fraction of sp³-hybridized carbons (Fsp3) is 0.235. The minimum atomic E-state index is -0.607. The molecule has 2 rings (SSSR count). The van der Waals surface area contributed by atoms with Crippen LogP contribution < -0.4 is 10.9 Å². The lowest BCUT2D eigenvalue weighted by Crippen LogP contribution is -2.33. The van der Waals surface area contributed by atoms with Gasteiger partial charge in [-0.3, -0.25) is 9.59 Å². The fourth-order valence-electron chi connectivity index (χ4n) is 2.31. The highest BCUT2D eigenvalue weighted by Gasteiger charge is 2.20. The number of esters is 1. The molecule has 1 aromatic heterocycles. The van der Waals surface area contributed by atoms with Gasteiger partial charge < -0.3 is 14.6 Å². The SMILES string of the molecule is CNC(=O)c1cc(C(=O)OC)cn(C(C)c2ccccc2)c1=O. The molecule has 1 N–H and O–H groups in total. The molecule has 1 amide bonds. The van der Waals surface area contributed by atoms with Gasteiger partial charge in [0.15, 0.2) is 0 Å². The highest BCUT2D eigenvalue weighted by molar-refractivity contribution is 5.97. The fourth-order valence-corrected chi connectivity index (χ4v) is 2.31. The van der Waals surface area contributed by atoms with Crippen LogP contribution in [0.2, 0.25) is 0 Å². The van der Waals surface area contributed by atoms with Gasteiger partial charge in [0.1, 0.15) is 5.56 Å². The van der Waals surface area contributed by atoms with Gasteiger partial charge >= 0.3 is 5.97 Å². The molecule has 0 spiro atoms. The van der Waals surface area contributed by atoms with E-state index in [1.807, 2.05) is 37.3 Å². The van der Waals surface area contributed by atoms with E-state index in [-0.39, 0.29) is 17.2 Å². The Balaban J connectivity index is 2.64. The van der Waals surface area contributed by atoms with E-state index in [0.29, 0.717) is 0 Å². The standard InChI is InChI=1S/C17H18N2O4/c1-11(12-7-5-4-6-8-12)19-10-13(17(22)23-3)9-14(16(19)21)15(20)18-2/h4-11H,1-3H3,(H,18,20). The molecular weight excluding hydrogens is 296 g/mol. The Bertz CT molecular complexity index is 781. The third-order valence-electron chi connectivity index (χ3n) is 3.63. The summed E-state index contributed by atoms with van der Waals surface area (Å²) < 4.78 is 6.07. The van der Waals surface area contributed by atoms with E-state index in [1.165, 1.54) is 31.0 Å². The Morgan fingerprint density at radius 3 is 2.43 bits per heavy atom. The monoisotopic (exact) mass is 314 g/mol. The summed E-state index contributed by atoms with van der Waals surface area (Å²) in [5.74, 6) is -1.15. The normalized spacial score (nSPS) is 11.6. The highest BCUT2D eigenvalue weighted by atomic mass is 16.5. The summed E-state index contributed by atoms with van der Waals surface area (Å²) in [4.78, 5) is 36.4. The molecule has 1 unspecified atom stereocenters. The number of methoxy groups -OCH3 is 1. The van der Waals surface area contributed by atoms with Crippen molar-refractivity contribution in [3.8, 4) is 0 Å². The first kappa shape index (κ1) is 16.5. The van der Waals surface area contributed by atoms with Crippen molar-refractivity contribution in [1.29, 1.82) is 0 Å². The summed E-state index contributed by atoms with van der Waals surface area (Å²) in [7, 11) is 2.68. The molecule has 1 heterocycles. The van der Waals surface area contributed by atoms with E-state index in [9.17, 15) is 14.4 Å². The minimum absolute atomic E-state index is 0.0989. The number of aromatic nitrogens is 1. The number of benzene rings is 1. The number of ether oxygens (including phenoxy) is 1. The van der Waals surface area contributed by atoms with Crippen molar-refractivity contribution >= 4 is 11.9 Å². The Morgan fingerprint density at radius 2 is 1.87 bits per heavy atom. The van der Waals surface area contributed by atoms with E-state index >= 15 is 0 Å². The average molecular weight is 314 g/mol. The summed E-state index contributed by atoms with van der Waals surface area (Å²) in [5.41, 5.74) is 0.472. The topological polar surface area (TPSA) is 77.4 Å². The molecule has 0 saturated carbocycles. The van der Waals surface area contributed by atoms with Crippen LogP contribution in [0.25, 0.3) is 0 Å². The van der Waals surface area contributed by atoms with Gasteiger partial charge in [0.25, 0.3) is 11.5 Å². The lowest BCUT2D eigenvalue weighted by Gasteiger charge is -2.17. The molecule has 6 heteroatoms. The quantitative estimate of drug-likeness (QED) is 0.870. The summed E-state index contributed by atoms with van der Waals surface area (Å²) in [6.07, 6.45) is 1.41. The maximum absolute atomic E-state index is 12.6. The zero-order chi connectivity index (χ0) is 17.0. The minimum Gasteiger partial charge on any atom is -0.465 e. The molecular formula is C17H18N2O4. The Hall–Kier alpha value is -2.89. The second-order valence-electron chi connectivity index (χ2n) is 5.01. The van der Waals surface area contributed by atoms with E-state index < -0.39 is 17.4 Å². The van der Waals surface area contributed by atoms with Crippen molar-refractivity contribution in [3.63, 3.8) is 0 Å². The lowest BCUT2D eigenvalue weighted by atomic mass is 10.1. The molecule has 1 atom stereocenters. The molecule has 0 fully saturated rings. The van der Waals surface area contributed by atoms with Gasteiger partial charge in [-0.1, -0.05) is 30.3 Å². The van der Waals surface area contributed by atoms with E-state index in [4.69, 9.17) is 4.74 Å². The summed E-state index contributed by atoms with van der Waals surface area (Å²) in [6, 6.07) is 10.3. The van der Waals surface area contributed by atoms with E-state index in [1.54, 1.807) is 0 Å². The van der Waals surface area contributed by atoms with Gasteiger partial charge in [-0.2, -0.15) is 0 Å². The second kappa shape index (κ2) is 6.91. The average Bonchev–Trinajstić information content (AvgIpc) is 2.60. The summed E-state index contributed by atoms with van der Waals surface area (Å²) >= 11 is 0. The lowest BCUT2D eigenvalue weighted by molar-refractivity contribution is 0.0599. The van der Waals surface area contributed by atoms with Crippen LogP contribution in [0.1, 0.15) is 39.2 Å². The van der Waals surface area contributed by atoms with Gasteiger partial charge in [-0.25, -0.2) is 4.79 Å². The van der Waals surface area contributed by atoms with E-state index in [0.717, 1.165) is 5.56 Å². The number of amides is 1. The predicted octanol–water partition coefficient (Wildman–Crippen LogP) is 1.60. The Labute approximate surface area is 133 Å². The Morgan fingerprint density at radius 1 is 1.22 bits per heavy atom. The molecule has 120 valence electrons. The van der Waals surface area contributed by atoms with Gasteiger partial charge in [0.05, 0.1) is 18.7 Å². The van der Waals surface area contributed by atoms with Crippen LogP contribution >= 0.6 is 0 Å². The van der Waals surface area contributed by atoms with Crippen molar-refractivity contribution in [2.75, 3.05) is 14.2 Å². The third kappa shape index (κ3) is 3.31. The summed E-state index contributed by atoms with van der Waals surface area (Å²) in [6.45, 7) is 1.82. The molecule has 0 bridgehead atoms.